The van der Waals surface area contributed by atoms with Crippen LogP contribution in [0.3, 0.4) is 0 Å². The van der Waals surface area contributed by atoms with E-state index in [0.717, 1.165) is 44.9 Å². The van der Waals surface area contributed by atoms with Crippen LogP contribution in [-0.2, 0) is 4.52 Å². The Kier molecular flexibility index (Phi) is 17.9. The summed E-state index contributed by atoms with van der Waals surface area (Å²) in [6, 6.07) is 0. The van der Waals surface area contributed by atoms with Crippen LogP contribution in [0, 0.1) is 0 Å². The van der Waals surface area contributed by atoms with Crippen molar-refractivity contribution >= 4 is 8.60 Å². The van der Waals surface area contributed by atoms with Gasteiger partial charge in [0.15, 0.2) is 0 Å². The number of rotatable bonds is 19. The first-order valence-electron chi connectivity index (χ1n) is 11.0. The van der Waals surface area contributed by atoms with Crippen molar-refractivity contribution in [2.75, 3.05) is 0 Å². The Labute approximate surface area is 158 Å². The minimum Gasteiger partial charge on any atom is -0.328 e. The zero-order valence-electron chi connectivity index (χ0n) is 17.3. The number of hydrogen-bond acceptors (Lipinski definition) is 3. The van der Waals surface area contributed by atoms with E-state index in [0.29, 0.717) is 0 Å². The number of unbranched alkanes of at least 4 members (excludes halogenated alkanes) is 11. The summed E-state index contributed by atoms with van der Waals surface area (Å²) in [6.45, 7) is 6.69. The first kappa shape index (κ1) is 25.3. The highest BCUT2D eigenvalue weighted by Gasteiger charge is 2.32. The van der Waals surface area contributed by atoms with E-state index in [1.165, 1.54) is 64.2 Å². The van der Waals surface area contributed by atoms with Gasteiger partial charge >= 0.3 is 8.60 Å². The van der Waals surface area contributed by atoms with Gasteiger partial charge in [0.2, 0.25) is 0 Å². The molecule has 0 saturated heterocycles. The average Bonchev–Trinajstić information content (AvgIpc) is 2.58. The van der Waals surface area contributed by atoms with Gasteiger partial charge in [0.25, 0.3) is 0 Å². The van der Waals surface area contributed by atoms with Gasteiger partial charge in [-0.3, -0.25) is 0 Å². The van der Waals surface area contributed by atoms with E-state index >= 15 is 0 Å². The molecule has 0 aromatic carbocycles. The molecule has 0 spiro atoms. The smallest absolute Gasteiger partial charge is 0.327 e. The molecule has 0 bridgehead atoms. The highest BCUT2D eigenvalue weighted by Crippen LogP contribution is 2.42. The second-order valence-corrected chi connectivity index (χ2v) is 8.35. The van der Waals surface area contributed by atoms with E-state index in [-0.39, 0.29) is 5.60 Å². The summed E-state index contributed by atoms with van der Waals surface area (Å²) in [4.78, 5) is 19.1. The molecule has 0 unspecified atom stereocenters. The van der Waals surface area contributed by atoms with Crippen molar-refractivity contribution in [2.45, 2.75) is 136 Å². The Morgan fingerprint density at radius 3 is 1.32 bits per heavy atom. The molecule has 0 aromatic rings. The molecule has 0 saturated carbocycles. The molecule has 0 aliphatic heterocycles. The van der Waals surface area contributed by atoms with Crippen molar-refractivity contribution in [1.82, 2.24) is 0 Å². The molecular weight excluding hydrogens is 331 g/mol. The van der Waals surface area contributed by atoms with Gasteiger partial charge in [-0.2, -0.15) is 0 Å². The molecule has 2 N–H and O–H groups in total. The van der Waals surface area contributed by atoms with E-state index in [9.17, 15) is 9.79 Å². The fourth-order valence-corrected chi connectivity index (χ4v) is 4.26. The highest BCUT2D eigenvalue weighted by molar-refractivity contribution is 7.39. The molecule has 152 valence electrons. The van der Waals surface area contributed by atoms with Crippen molar-refractivity contribution in [3.05, 3.63) is 0 Å². The van der Waals surface area contributed by atoms with Crippen LogP contribution in [0.4, 0.5) is 0 Å². The standard InChI is InChI=1S/C21H45O3P/c1-4-7-10-12-14-16-19-21(18-9-6-3,24-25(22)23)20-17-15-13-11-8-5-2/h22-23H,4-20H2,1-3H3. The van der Waals surface area contributed by atoms with E-state index in [4.69, 9.17) is 4.52 Å². The molecule has 0 fully saturated rings. The number of hydrogen-bond donors (Lipinski definition) is 2. The summed E-state index contributed by atoms with van der Waals surface area (Å²) in [7, 11) is -2.27. The zero-order chi connectivity index (χ0) is 18.8. The van der Waals surface area contributed by atoms with Crippen LogP contribution in [0.1, 0.15) is 130 Å². The first-order valence-corrected chi connectivity index (χ1v) is 12.1. The minimum atomic E-state index is -2.27. The summed E-state index contributed by atoms with van der Waals surface area (Å²) in [5.74, 6) is 0. The molecule has 0 aliphatic carbocycles. The van der Waals surface area contributed by atoms with E-state index in [1.807, 2.05) is 0 Å². The molecule has 0 heterocycles. The average molecular weight is 377 g/mol. The molecule has 0 rings (SSSR count). The quantitative estimate of drug-likeness (QED) is 0.180. The summed E-state index contributed by atoms with van der Waals surface area (Å²) >= 11 is 0. The monoisotopic (exact) mass is 376 g/mol. The normalized spacial score (nSPS) is 12.2. The molecule has 3 nitrogen and oxygen atoms in total. The maximum Gasteiger partial charge on any atom is 0.327 e. The predicted octanol–water partition coefficient (Wildman–Crippen LogP) is 7.64. The maximum atomic E-state index is 9.53. The van der Waals surface area contributed by atoms with E-state index in [2.05, 4.69) is 20.8 Å². The second kappa shape index (κ2) is 17.7. The van der Waals surface area contributed by atoms with E-state index in [1.54, 1.807) is 0 Å². The lowest BCUT2D eigenvalue weighted by Crippen LogP contribution is -2.31. The van der Waals surface area contributed by atoms with Crippen molar-refractivity contribution < 1.29 is 14.3 Å². The summed E-state index contributed by atoms with van der Waals surface area (Å²) in [5, 5.41) is 0. The third kappa shape index (κ3) is 15.1. The van der Waals surface area contributed by atoms with Crippen molar-refractivity contribution in [2.24, 2.45) is 0 Å². The topological polar surface area (TPSA) is 49.7 Å². The van der Waals surface area contributed by atoms with Gasteiger partial charge in [-0.25, -0.2) is 0 Å². The highest BCUT2D eigenvalue weighted by atomic mass is 31.2. The maximum absolute atomic E-state index is 9.53. The molecule has 0 aliphatic rings. The Bertz CT molecular complexity index is 256. The zero-order valence-corrected chi connectivity index (χ0v) is 18.2. The fourth-order valence-electron chi connectivity index (χ4n) is 3.64. The molecule has 0 aromatic heterocycles. The first-order chi connectivity index (χ1) is 12.1. The van der Waals surface area contributed by atoms with Crippen LogP contribution in [0.15, 0.2) is 0 Å². The Morgan fingerprint density at radius 1 is 0.560 bits per heavy atom. The van der Waals surface area contributed by atoms with Gasteiger partial charge in [-0.15, -0.1) is 0 Å². The largest absolute Gasteiger partial charge is 0.328 e. The van der Waals surface area contributed by atoms with Crippen LogP contribution < -0.4 is 0 Å². The lowest BCUT2D eigenvalue weighted by atomic mass is 9.85. The van der Waals surface area contributed by atoms with Crippen LogP contribution in [0.25, 0.3) is 0 Å². The summed E-state index contributed by atoms with van der Waals surface area (Å²) in [5.41, 5.74) is -0.305. The van der Waals surface area contributed by atoms with Crippen LogP contribution in [0.2, 0.25) is 0 Å². The molecule has 25 heavy (non-hydrogen) atoms. The van der Waals surface area contributed by atoms with Gasteiger partial charge < -0.3 is 14.3 Å². The van der Waals surface area contributed by atoms with Gasteiger partial charge in [-0.1, -0.05) is 111 Å². The second-order valence-electron chi connectivity index (χ2n) is 7.67. The van der Waals surface area contributed by atoms with Crippen LogP contribution >= 0.6 is 8.60 Å². The van der Waals surface area contributed by atoms with Gasteiger partial charge in [0, 0.05) is 0 Å². The summed E-state index contributed by atoms with van der Waals surface area (Å²) < 4.78 is 5.77. The fraction of sp³-hybridized carbons (Fsp3) is 1.00. The minimum absolute atomic E-state index is 0.305. The van der Waals surface area contributed by atoms with Crippen molar-refractivity contribution in [1.29, 1.82) is 0 Å². The molecule has 0 amide bonds. The van der Waals surface area contributed by atoms with Gasteiger partial charge in [0.1, 0.15) is 0 Å². The van der Waals surface area contributed by atoms with Crippen LogP contribution in [0.5, 0.6) is 0 Å². The lowest BCUT2D eigenvalue weighted by Gasteiger charge is -2.34. The Morgan fingerprint density at radius 2 is 0.920 bits per heavy atom. The van der Waals surface area contributed by atoms with Crippen LogP contribution in [-0.4, -0.2) is 15.4 Å². The van der Waals surface area contributed by atoms with Gasteiger partial charge in [0.05, 0.1) is 5.60 Å². The Hall–Kier alpha value is 0.310. The van der Waals surface area contributed by atoms with E-state index < -0.39 is 8.60 Å². The van der Waals surface area contributed by atoms with Crippen molar-refractivity contribution in [3.8, 4) is 0 Å². The van der Waals surface area contributed by atoms with Crippen molar-refractivity contribution in [3.63, 3.8) is 0 Å². The lowest BCUT2D eigenvalue weighted by molar-refractivity contribution is 0.0223. The molecule has 4 heteroatoms. The SMILES string of the molecule is CCCCCCCCC(CCCC)(CCCCCCCC)OP(O)O. The van der Waals surface area contributed by atoms with Gasteiger partial charge in [-0.05, 0) is 19.3 Å². The third-order valence-electron chi connectivity index (χ3n) is 5.23. The molecular formula is C21H45O3P. The summed E-state index contributed by atoms with van der Waals surface area (Å²) in [6.07, 6.45) is 20.4. The Balaban J connectivity index is 4.41. The molecule has 0 atom stereocenters. The predicted molar refractivity (Wildman–Crippen MR) is 111 cm³/mol. The third-order valence-corrected chi connectivity index (χ3v) is 5.78. The molecule has 0 radical (unpaired) electrons.